The number of hydrogen-bond acceptors (Lipinski definition) is 2. The molecule has 1 aliphatic heterocycles. The van der Waals surface area contributed by atoms with Crippen molar-refractivity contribution in [1.29, 1.82) is 0 Å². The summed E-state index contributed by atoms with van der Waals surface area (Å²) >= 11 is 3.61. The van der Waals surface area contributed by atoms with Gasteiger partial charge in [0, 0.05) is 29.8 Å². The van der Waals surface area contributed by atoms with Gasteiger partial charge in [-0.25, -0.2) is 0 Å². The van der Waals surface area contributed by atoms with Gasteiger partial charge in [0.2, 0.25) is 0 Å². The van der Waals surface area contributed by atoms with Crippen LogP contribution in [0.2, 0.25) is 0 Å². The van der Waals surface area contributed by atoms with E-state index in [2.05, 4.69) is 65.1 Å². The Morgan fingerprint density at radius 1 is 1.14 bits per heavy atom. The van der Waals surface area contributed by atoms with E-state index in [1.807, 2.05) is 0 Å². The first-order chi connectivity index (χ1) is 10.1. The molecule has 0 aliphatic carbocycles. The lowest BCUT2D eigenvalue weighted by Crippen LogP contribution is -2.40. The molecule has 1 heterocycles. The number of hydrogen-bond donors (Lipinski definition) is 1. The topological polar surface area (TPSA) is 15.3 Å². The zero-order valence-electron chi connectivity index (χ0n) is 13.7. The fourth-order valence-electron chi connectivity index (χ4n) is 3.44. The third kappa shape index (κ3) is 4.01. The molecule has 0 amide bonds. The number of rotatable bonds is 6. The van der Waals surface area contributed by atoms with E-state index < -0.39 is 0 Å². The van der Waals surface area contributed by atoms with Gasteiger partial charge in [0.05, 0.1) is 0 Å². The molecule has 21 heavy (non-hydrogen) atoms. The number of nitrogens with one attached hydrogen (secondary N) is 1. The third-order valence-electron chi connectivity index (χ3n) is 5.27. The number of anilines is 1. The second kappa shape index (κ2) is 7.64. The summed E-state index contributed by atoms with van der Waals surface area (Å²) in [5.41, 5.74) is 3.42. The van der Waals surface area contributed by atoms with E-state index >= 15 is 0 Å². The van der Waals surface area contributed by atoms with Crippen molar-refractivity contribution in [1.82, 2.24) is 5.32 Å². The molecule has 2 rings (SSSR count). The van der Waals surface area contributed by atoms with Gasteiger partial charge in [0.15, 0.2) is 0 Å². The van der Waals surface area contributed by atoms with Gasteiger partial charge in [0.1, 0.15) is 0 Å². The van der Waals surface area contributed by atoms with Crippen LogP contribution in [0.25, 0.3) is 0 Å². The van der Waals surface area contributed by atoms with Crippen LogP contribution in [-0.4, -0.2) is 19.6 Å². The highest BCUT2D eigenvalue weighted by atomic mass is 79.9. The molecule has 0 spiro atoms. The van der Waals surface area contributed by atoms with Crippen LogP contribution in [0.5, 0.6) is 0 Å². The van der Waals surface area contributed by atoms with Crippen LogP contribution in [0.4, 0.5) is 5.69 Å². The Balaban J connectivity index is 2.12. The van der Waals surface area contributed by atoms with Gasteiger partial charge in [-0.2, -0.15) is 0 Å². The Kier molecular flexibility index (Phi) is 6.12. The SMILES string of the molecule is CCNCc1cc(Br)ccc1N1CCC(CC)(CC)CC1. The second-order valence-electron chi connectivity index (χ2n) is 6.25. The summed E-state index contributed by atoms with van der Waals surface area (Å²) in [4.78, 5) is 2.59. The van der Waals surface area contributed by atoms with Crippen molar-refractivity contribution in [2.45, 2.75) is 53.0 Å². The van der Waals surface area contributed by atoms with Crippen LogP contribution in [0.3, 0.4) is 0 Å². The molecular weight excluding hydrogens is 324 g/mol. The molecule has 0 radical (unpaired) electrons. The number of nitrogens with zero attached hydrogens (tertiary/aromatic N) is 1. The van der Waals surface area contributed by atoms with Crippen molar-refractivity contribution >= 4 is 21.6 Å². The molecule has 1 aromatic rings. The van der Waals surface area contributed by atoms with E-state index in [9.17, 15) is 0 Å². The molecule has 2 nitrogen and oxygen atoms in total. The summed E-state index contributed by atoms with van der Waals surface area (Å²) in [5, 5.41) is 3.46. The summed E-state index contributed by atoms with van der Waals surface area (Å²) in [7, 11) is 0. The molecule has 0 atom stereocenters. The second-order valence-corrected chi connectivity index (χ2v) is 7.16. The van der Waals surface area contributed by atoms with Crippen LogP contribution in [0, 0.1) is 5.41 Å². The Morgan fingerprint density at radius 2 is 1.81 bits per heavy atom. The third-order valence-corrected chi connectivity index (χ3v) is 5.77. The van der Waals surface area contributed by atoms with Gasteiger partial charge in [-0.1, -0.05) is 49.5 Å². The average molecular weight is 353 g/mol. The summed E-state index contributed by atoms with van der Waals surface area (Å²) in [5.74, 6) is 0. The van der Waals surface area contributed by atoms with Crippen molar-refractivity contribution in [3.05, 3.63) is 28.2 Å². The minimum absolute atomic E-state index is 0.591. The van der Waals surface area contributed by atoms with E-state index in [0.717, 1.165) is 13.1 Å². The highest BCUT2D eigenvalue weighted by molar-refractivity contribution is 9.10. The summed E-state index contributed by atoms with van der Waals surface area (Å²) in [6.07, 6.45) is 5.30. The smallest absolute Gasteiger partial charge is 0.0412 e. The lowest BCUT2D eigenvalue weighted by molar-refractivity contribution is 0.199. The molecule has 3 heteroatoms. The zero-order chi connectivity index (χ0) is 15.3. The summed E-state index contributed by atoms with van der Waals surface area (Å²) in [6, 6.07) is 6.72. The van der Waals surface area contributed by atoms with Gasteiger partial charge >= 0.3 is 0 Å². The lowest BCUT2D eigenvalue weighted by atomic mass is 9.74. The maximum Gasteiger partial charge on any atom is 0.0412 e. The Morgan fingerprint density at radius 3 is 2.38 bits per heavy atom. The molecule has 0 aromatic heterocycles. The highest BCUT2D eigenvalue weighted by Crippen LogP contribution is 2.39. The molecule has 0 bridgehead atoms. The van der Waals surface area contributed by atoms with Crippen LogP contribution < -0.4 is 10.2 Å². The van der Waals surface area contributed by atoms with Crippen molar-refractivity contribution in [2.24, 2.45) is 5.41 Å². The zero-order valence-corrected chi connectivity index (χ0v) is 15.3. The molecule has 1 N–H and O–H groups in total. The summed E-state index contributed by atoms with van der Waals surface area (Å²) in [6.45, 7) is 11.2. The van der Waals surface area contributed by atoms with Crippen molar-refractivity contribution < 1.29 is 0 Å². The molecule has 118 valence electrons. The minimum atomic E-state index is 0.591. The maximum atomic E-state index is 3.61. The van der Waals surface area contributed by atoms with Crippen molar-refractivity contribution in [3.63, 3.8) is 0 Å². The normalized spacial score (nSPS) is 18.0. The molecule has 1 aromatic carbocycles. The van der Waals surface area contributed by atoms with E-state index in [1.165, 1.54) is 54.5 Å². The number of benzene rings is 1. The molecular formula is C18H29BrN2. The molecule has 1 saturated heterocycles. The first kappa shape index (κ1) is 16.8. The van der Waals surface area contributed by atoms with Crippen LogP contribution in [0.15, 0.2) is 22.7 Å². The quantitative estimate of drug-likeness (QED) is 0.777. The standard InChI is InChI=1S/C18H29BrN2/c1-4-18(5-2)9-11-21(12-10-18)17-8-7-16(19)13-15(17)14-20-6-3/h7-8,13,20H,4-6,9-12,14H2,1-3H3. The first-order valence-electron chi connectivity index (χ1n) is 8.38. The van der Waals surface area contributed by atoms with Crippen molar-refractivity contribution in [2.75, 3.05) is 24.5 Å². The average Bonchev–Trinajstić information content (AvgIpc) is 2.53. The van der Waals surface area contributed by atoms with E-state index in [1.54, 1.807) is 0 Å². The van der Waals surface area contributed by atoms with Gasteiger partial charge < -0.3 is 10.2 Å². The lowest BCUT2D eigenvalue weighted by Gasteiger charge is -2.42. The fourth-order valence-corrected chi connectivity index (χ4v) is 3.85. The largest absolute Gasteiger partial charge is 0.371 e. The molecule has 0 saturated carbocycles. The number of piperidine rings is 1. The van der Waals surface area contributed by atoms with Crippen molar-refractivity contribution in [3.8, 4) is 0 Å². The fraction of sp³-hybridized carbons (Fsp3) is 0.667. The van der Waals surface area contributed by atoms with Crippen LogP contribution in [0.1, 0.15) is 52.0 Å². The van der Waals surface area contributed by atoms with Gasteiger partial charge in [0.25, 0.3) is 0 Å². The molecule has 1 aliphatic rings. The molecule has 0 unspecified atom stereocenters. The van der Waals surface area contributed by atoms with E-state index in [-0.39, 0.29) is 0 Å². The predicted molar refractivity (Wildman–Crippen MR) is 96.0 cm³/mol. The highest BCUT2D eigenvalue weighted by Gasteiger charge is 2.31. The monoisotopic (exact) mass is 352 g/mol. The summed E-state index contributed by atoms with van der Waals surface area (Å²) < 4.78 is 1.17. The Hall–Kier alpha value is -0.540. The van der Waals surface area contributed by atoms with Gasteiger partial charge in [-0.15, -0.1) is 0 Å². The van der Waals surface area contributed by atoms with E-state index in [4.69, 9.17) is 0 Å². The predicted octanol–water partition coefficient (Wildman–Crippen LogP) is 4.97. The maximum absolute atomic E-state index is 3.61. The van der Waals surface area contributed by atoms with Crippen LogP contribution >= 0.6 is 15.9 Å². The Bertz CT molecular complexity index is 445. The number of halogens is 1. The minimum Gasteiger partial charge on any atom is -0.371 e. The van der Waals surface area contributed by atoms with Crippen LogP contribution in [-0.2, 0) is 6.54 Å². The van der Waals surface area contributed by atoms with E-state index in [0.29, 0.717) is 5.41 Å². The first-order valence-corrected chi connectivity index (χ1v) is 9.17. The van der Waals surface area contributed by atoms with Gasteiger partial charge in [-0.3, -0.25) is 0 Å². The van der Waals surface area contributed by atoms with Gasteiger partial charge in [-0.05, 0) is 48.6 Å². The molecule has 1 fully saturated rings. The Labute approximate surface area is 138 Å².